The summed E-state index contributed by atoms with van der Waals surface area (Å²) < 4.78 is 2.38. The Morgan fingerprint density at radius 1 is 1.30 bits per heavy atom. The summed E-state index contributed by atoms with van der Waals surface area (Å²) in [5.41, 5.74) is 1.71. The van der Waals surface area contributed by atoms with Crippen molar-refractivity contribution in [3.63, 3.8) is 0 Å². The summed E-state index contributed by atoms with van der Waals surface area (Å²) in [5.74, 6) is 0.852. The number of hydrogen-bond donors (Lipinski definition) is 1. The first-order valence-electron chi connectivity index (χ1n) is 8.33. The highest BCUT2D eigenvalue weighted by Crippen LogP contribution is 2.30. The van der Waals surface area contributed by atoms with E-state index in [1.165, 1.54) is 44.2 Å². The standard InChI is InChI=1S/C17H31N3/c1-15(2)8-6-4-5-7-11-20-14-19-12-16(20)17(3)9-10-18-13-17/h12,14-15,18H,4-11,13H2,1-3H3. The molecule has 0 bridgehead atoms. The highest BCUT2D eigenvalue weighted by atomic mass is 15.1. The van der Waals surface area contributed by atoms with Crippen LogP contribution in [-0.2, 0) is 12.0 Å². The van der Waals surface area contributed by atoms with Crippen LogP contribution in [0.2, 0.25) is 0 Å². The molecule has 1 saturated heterocycles. The molecule has 0 amide bonds. The van der Waals surface area contributed by atoms with E-state index >= 15 is 0 Å². The second-order valence-electron chi connectivity index (χ2n) is 7.06. The smallest absolute Gasteiger partial charge is 0.0948 e. The van der Waals surface area contributed by atoms with Crippen molar-refractivity contribution in [2.45, 2.75) is 71.3 Å². The molecule has 1 aromatic heterocycles. The molecule has 1 fully saturated rings. The minimum absolute atomic E-state index is 0.286. The van der Waals surface area contributed by atoms with Crippen LogP contribution in [-0.4, -0.2) is 22.6 Å². The summed E-state index contributed by atoms with van der Waals surface area (Å²) in [7, 11) is 0. The van der Waals surface area contributed by atoms with Gasteiger partial charge in [0.2, 0.25) is 0 Å². The van der Waals surface area contributed by atoms with Crippen molar-refractivity contribution < 1.29 is 0 Å². The summed E-state index contributed by atoms with van der Waals surface area (Å²) in [6.45, 7) is 10.3. The van der Waals surface area contributed by atoms with E-state index in [0.29, 0.717) is 0 Å². The average Bonchev–Trinajstić information content (AvgIpc) is 3.03. The van der Waals surface area contributed by atoms with Gasteiger partial charge in [-0.1, -0.05) is 46.5 Å². The fourth-order valence-corrected chi connectivity index (χ4v) is 3.23. The first-order chi connectivity index (χ1) is 9.62. The van der Waals surface area contributed by atoms with Crippen LogP contribution in [0, 0.1) is 5.92 Å². The van der Waals surface area contributed by atoms with Crippen LogP contribution in [0.4, 0.5) is 0 Å². The summed E-state index contributed by atoms with van der Waals surface area (Å²) in [4.78, 5) is 4.39. The number of imidazole rings is 1. The lowest BCUT2D eigenvalue weighted by Gasteiger charge is -2.24. The summed E-state index contributed by atoms with van der Waals surface area (Å²) in [6, 6.07) is 0. The maximum Gasteiger partial charge on any atom is 0.0948 e. The third kappa shape index (κ3) is 4.08. The van der Waals surface area contributed by atoms with E-state index in [1.54, 1.807) is 0 Å². The molecule has 2 rings (SSSR count). The van der Waals surface area contributed by atoms with Crippen molar-refractivity contribution in [2.24, 2.45) is 5.92 Å². The normalized spacial score (nSPS) is 22.8. The zero-order valence-corrected chi connectivity index (χ0v) is 13.5. The quantitative estimate of drug-likeness (QED) is 0.734. The van der Waals surface area contributed by atoms with Gasteiger partial charge in [-0.3, -0.25) is 0 Å². The minimum atomic E-state index is 0.286. The van der Waals surface area contributed by atoms with Gasteiger partial charge in [-0.25, -0.2) is 4.98 Å². The van der Waals surface area contributed by atoms with Crippen LogP contribution >= 0.6 is 0 Å². The zero-order chi connectivity index (χ0) is 14.4. The van der Waals surface area contributed by atoms with Gasteiger partial charge in [-0.05, 0) is 25.3 Å². The van der Waals surface area contributed by atoms with Crippen LogP contribution in [0.25, 0.3) is 0 Å². The van der Waals surface area contributed by atoms with Gasteiger partial charge in [0.15, 0.2) is 0 Å². The van der Waals surface area contributed by atoms with Gasteiger partial charge in [-0.15, -0.1) is 0 Å². The van der Waals surface area contributed by atoms with E-state index in [4.69, 9.17) is 0 Å². The largest absolute Gasteiger partial charge is 0.334 e. The molecule has 0 saturated carbocycles. The molecule has 114 valence electrons. The third-order valence-corrected chi connectivity index (χ3v) is 4.63. The van der Waals surface area contributed by atoms with Gasteiger partial charge in [0.25, 0.3) is 0 Å². The molecule has 20 heavy (non-hydrogen) atoms. The van der Waals surface area contributed by atoms with E-state index in [2.05, 4.69) is 41.8 Å². The second kappa shape index (κ2) is 7.26. The number of rotatable bonds is 8. The molecule has 3 heteroatoms. The second-order valence-corrected chi connectivity index (χ2v) is 7.06. The van der Waals surface area contributed by atoms with Crippen molar-refractivity contribution in [3.05, 3.63) is 18.2 Å². The minimum Gasteiger partial charge on any atom is -0.334 e. The molecule has 0 aromatic carbocycles. The van der Waals surface area contributed by atoms with Gasteiger partial charge >= 0.3 is 0 Å². The maximum absolute atomic E-state index is 4.39. The predicted octanol–water partition coefficient (Wildman–Crippen LogP) is 3.74. The molecule has 3 nitrogen and oxygen atoms in total. The van der Waals surface area contributed by atoms with Crippen molar-refractivity contribution in [1.82, 2.24) is 14.9 Å². The maximum atomic E-state index is 4.39. The van der Waals surface area contributed by atoms with E-state index in [0.717, 1.165) is 25.6 Å². The van der Waals surface area contributed by atoms with E-state index in [9.17, 15) is 0 Å². The van der Waals surface area contributed by atoms with Crippen LogP contribution in [0.1, 0.15) is 65.0 Å². The number of nitrogens with zero attached hydrogens (tertiary/aromatic N) is 2. The van der Waals surface area contributed by atoms with Crippen molar-refractivity contribution in [2.75, 3.05) is 13.1 Å². The number of unbranched alkanes of at least 4 members (excludes halogenated alkanes) is 3. The number of aromatic nitrogens is 2. The Bertz CT molecular complexity index is 389. The number of nitrogens with one attached hydrogen (secondary N) is 1. The SMILES string of the molecule is CC(C)CCCCCCn1cncc1C1(C)CCNC1. The van der Waals surface area contributed by atoms with Gasteiger partial charge < -0.3 is 9.88 Å². The van der Waals surface area contributed by atoms with E-state index < -0.39 is 0 Å². The fraction of sp³-hybridized carbons (Fsp3) is 0.824. The molecule has 1 aliphatic heterocycles. The third-order valence-electron chi connectivity index (χ3n) is 4.63. The Morgan fingerprint density at radius 3 is 2.80 bits per heavy atom. The molecule has 2 heterocycles. The van der Waals surface area contributed by atoms with Crippen LogP contribution in [0.3, 0.4) is 0 Å². The molecule has 1 aliphatic rings. The van der Waals surface area contributed by atoms with E-state index in [1.807, 2.05) is 6.33 Å². The first kappa shape index (κ1) is 15.6. The molecule has 1 unspecified atom stereocenters. The summed E-state index contributed by atoms with van der Waals surface area (Å²) >= 11 is 0. The van der Waals surface area contributed by atoms with Crippen LogP contribution in [0.5, 0.6) is 0 Å². The van der Waals surface area contributed by atoms with E-state index in [-0.39, 0.29) is 5.41 Å². The molecular formula is C17H31N3. The molecular weight excluding hydrogens is 246 g/mol. The lowest BCUT2D eigenvalue weighted by Crippen LogP contribution is -2.28. The highest BCUT2D eigenvalue weighted by Gasteiger charge is 2.33. The Labute approximate surface area is 124 Å². The first-order valence-corrected chi connectivity index (χ1v) is 8.33. The Morgan fingerprint density at radius 2 is 2.10 bits per heavy atom. The van der Waals surface area contributed by atoms with Crippen LogP contribution < -0.4 is 5.32 Å². The summed E-state index contributed by atoms with van der Waals surface area (Å²) in [6.07, 6.45) is 12.1. The molecule has 1 N–H and O–H groups in total. The summed E-state index contributed by atoms with van der Waals surface area (Å²) in [5, 5.41) is 3.48. The highest BCUT2D eigenvalue weighted by molar-refractivity contribution is 5.17. The number of aryl methyl sites for hydroxylation is 1. The topological polar surface area (TPSA) is 29.9 Å². The lowest BCUT2D eigenvalue weighted by molar-refractivity contribution is 0.455. The monoisotopic (exact) mass is 277 g/mol. The molecule has 1 atom stereocenters. The number of hydrogen-bond acceptors (Lipinski definition) is 2. The van der Waals surface area contributed by atoms with Gasteiger partial charge in [-0.2, -0.15) is 0 Å². The fourth-order valence-electron chi connectivity index (χ4n) is 3.23. The lowest BCUT2D eigenvalue weighted by atomic mass is 9.86. The van der Waals surface area contributed by atoms with Crippen molar-refractivity contribution in [1.29, 1.82) is 0 Å². The van der Waals surface area contributed by atoms with Gasteiger partial charge in [0, 0.05) is 30.4 Å². The molecule has 0 aliphatic carbocycles. The van der Waals surface area contributed by atoms with Crippen LogP contribution in [0.15, 0.2) is 12.5 Å². The molecule has 0 radical (unpaired) electrons. The van der Waals surface area contributed by atoms with Gasteiger partial charge in [0.1, 0.15) is 0 Å². The Kier molecular flexibility index (Phi) is 5.64. The van der Waals surface area contributed by atoms with Crippen molar-refractivity contribution in [3.8, 4) is 0 Å². The predicted molar refractivity (Wildman–Crippen MR) is 85.0 cm³/mol. The molecule has 0 spiro atoms. The van der Waals surface area contributed by atoms with Crippen molar-refractivity contribution >= 4 is 0 Å². The Balaban J connectivity index is 1.75. The zero-order valence-electron chi connectivity index (χ0n) is 13.5. The average molecular weight is 277 g/mol. The Hall–Kier alpha value is -0.830. The molecule has 1 aromatic rings. The van der Waals surface area contributed by atoms with Gasteiger partial charge in [0.05, 0.1) is 6.33 Å².